The lowest BCUT2D eigenvalue weighted by Gasteiger charge is -2.21. The van der Waals surface area contributed by atoms with Gasteiger partial charge in [-0.1, -0.05) is 30.3 Å². The van der Waals surface area contributed by atoms with Gasteiger partial charge in [-0.3, -0.25) is 0 Å². The average Bonchev–Trinajstić information content (AvgIpc) is 2.69. The molecule has 1 aromatic carbocycles. The number of aliphatic imine (C=N–C) groups is 1. The maximum Gasteiger partial charge on any atom is 0.250 e. The van der Waals surface area contributed by atoms with E-state index < -0.39 is 0 Å². The van der Waals surface area contributed by atoms with Crippen LogP contribution in [0.5, 0.6) is 0 Å². The Balaban J connectivity index is 2.11. The summed E-state index contributed by atoms with van der Waals surface area (Å²) in [6, 6.07) is 10.4. The Morgan fingerprint density at radius 3 is 2.82 bits per heavy atom. The zero-order chi connectivity index (χ0) is 11.8. The number of aromatic nitrogens is 3. The topological polar surface area (TPSA) is 69.1 Å². The number of fused-ring (bicyclic) bond motifs is 1. The molecule has 0 spiro atoms. The van der Waals surface area contributed by atoms with E-state index in [9.17, 15) is 0 Å². The highest BCUT2D eigenvalue weighted by molar-refractivity contribution is 5.85. The van der Waals surface area contributed by atoms with E-state index in [0.29, 0.717) is 5.95 Å². The Kier molecular flexibility index (Phi) is 2.18. The molecule has 1 aliphatic rings. The second-order valence-electron chi connectivity index (χ2n) is 4.19. The summed E-state index contributed by atoms with van der Waals surface area (Å²) < 4.78 is 1.80. The van der Waals surface area contributed by atoms with Crippen LogP contribution in [0.15, 0.2) is 35.3 Å². The van der Waals surface area contributed by atoms with Crippen LogP contribution in [-0.4, -0.2) is 20.5 Å². The van der Waals surface area contributed by atoms with Gasteiger partial charge in [-0.05, 0) is 12.5 Å². The minimum atomic E-state index is 0.147. The van der Waals surface area contributed by atoms with Gasteiger partial charge in [0.2, 0.25) is 11.9 Å². The lowest BCUT2D eigenvalue weighted by Crippen LogP contribution is -2.19. The second-order valence-corrected chi connectivity index (χ2v) is 4.19. The van der Waals surface area contributed by atoms with Crippen LogP contribution in [0.3, 0.4) is 0 Å². The zero-order valence-electron chi connectivity index (χ0n) is 9.54. The van der Waals surface area contributed by atoms with Crippen molar-refractivity contribution >= 4 is 17.6 Å². The van der Waals surface area contributed by atoms with Crippen LogP contribution in [0.4, 0.5) is 11.9 Å². The second kappa shape index (κ2) is 3.69. The fraction of sp³-hybridized carbons (Fsp3) is 0.250. The molecule has 5 nitrogen and oxygen atoms in total. The van der Waals surface area contributed by atoms with Gasteiger partial charge in [-0.15, -0.1) is 5.10 Å². The number of rotatable bonds is 1. The molecule has 1 atom stereocenters. The Bertz CT molecular complexity index is 570. The largest absolute Gasteiger partial charge is 0.366 e. The standard InChI is InChI=1S/C12H13N5/c1-8-7-10(9-5-3-2-4-6-9)17-12(14-8)15-11(13)16-17/h2-6,10H,7H2,1H3,(H2,13,16). The van der Waals surface area contributed by atoms with Crippen LogP contribution in [0.1, 0.15) is 24.9 Å². The molecule has 2 heterocycles. The van der Waals surface area contributed by atoms with Crippen molar-refractivity contribution in [2.24, 2.45) is 4.99 Å². The van der Waals surface area contributed by atoms with E-state index in [4.69, 9.17) is 5.73 Å². The lowest BCUT2D eigenvalue weighted by molar-refractivity contribution is 0.531. The van der Waals surface area contributed by atoms with Crippen LogP contribution in [0.2, 0.25) is 0 Å². The van der Waals surface area contributed by atoms with Gasteiger partial charge in [-0.25, -0.2) is 9.67 Å². The van der Waals surface area contributed by atoms with Gasteiger partial charge in [0.05, 0.1) is 6.04 Å². The monoisotopic (exact) mass is 227 g/mol. The third-order valence-corrected chi connectivity index (χ3v) is 2.89. The van der Waals surface area contributed by atoms with Crippen LogP contribution < -0.4 is 5.73 Å². The van der Waals surface area contributed by atoms with Crippen molar-refractivity contribution in [3.63, 3.8) is 0 Å². The van der Waals surface area contributed by atoms with E-state index in [0.717, 1.165) is 12.1 Å². The normalized spacial score (nSPS) is 18.6. The van der Waals surface area contributed by atoms with Crippen LogP contribution in [-0.2, 0) is 0 Å². The summed E-state index contributed by atoms with van der Waals surface area (Å²) in [5.41, 5.74) is 7.89. The van der Waals surface area contributed by atoms with Crippen molar-refractivity contribution in [2.75, 3.05) is 5.73 Å². The predicted octanol–water partition coefficient (Wildman–Crippen LogP) is 1.95. The van der Waals surface area contributed by atoms with Crippen molar-refractivity contribution in [3.05, 3.63) is 35.9 Å². The van der Waals surface area contributed by atoms with Crippen molar-refractivity contribution < 1.29 is 0 Å². The summed E-state index contributed by atoms with van der Waals surface area (Å²) in [6.07, 6.45) is 0.847. The number of nitrogens with zero attached hydrogens (tertiary/aromatic N) is 4. The molecule has 0 saturated heterocycles. The number of anilines is 1. The molecule has 17 heavy (non-hydrogen) atoms. The summed E-state index contributed by atoms with van der Waals surface area (Å²) in [5, 5.41) is 4.22. The summed E-state index contributed by atoms with van der Waals surface area (Å²) in [7, 11) is 0. The first-order valence-electron chi connectivity index (χ1n) is 5.55. The lowest BCUT2D eigenvalue weighted by atomic mass is 10.0. The van der Waals surface area contributed by atoms with Gasteiger partial charge in [-0.2, -0.15) is 4.98 Å². The quantitative estimate of drug-likeness (QED) is 0.809. The van der Waals surface area contributed by atoms with Crippen LogP contribution >= 0.6 is 0 Å². The molecule has 0 radical (unpaired) electrons. The molecule has 3 rings (SSSR count). The van der Waals surface area contributed by atoms with Gasteiger partial charge in [0.1, 0.15) is 0 Å². The number of hydrogen-bond acceptors (Lipinski definition) is 4. The van der Waals surface area contributed by atoms with Gasteiger partial charge in [0.25, 0.3) is 0 Å². The van der Waals surface area contributed by atoms with Gasteiger partial charge >= 0.3 is 0 Å². The molecule has 1 aromatic heterocycles. The van der Waals surface area contributed by atoms with E-state index >= 15 is 0 Å². The fourth-order valence-corrected chi connectivity index (χ4v) is 2.13. The first-order valence-corrected chi connectivity index (χ1v) is 5.55. The molecule has 0 saturated carbocycles. The van der Waals surface area contributed by atoms with E-state index in [1.807, 2.05) is 25.1 Å². The minimum Gasteiger partial charge on any atom is -0.366 e. The maximum absolute atomic E-state index is 5.63. The Morgan fingerprint density at radius 2 is 2.06 bits per heavy atom. The molecule has 1 aliphatic heterocycles. The highest BCUT2D eigenvalue weighted by Crippen LogP contribution is 2.30. The molecular formula is C12H13N5. The molecule has 0 amide bonds. The predicted molar refractivity (Wildman–Crippen MR) is 66.4 cm³/mol. The first-order chi connectivity index (χ1) is 8.24. The van der Waals surface area contributed by atoms with Crippen molar-refractivity contribution in [3.8, 4) is 0 Å². The zero-order valence-corrected chi connectivity index (χ0v) is 9.54. The Hall–Kier alpha value is -2.17. The number of benzene rings is 1. The highest BCUT2D eigenvalue weighted by Gasteiger charge is 2.24. The fourth-order valence-electron chi connectivity index (χ4n) is 2.13. The van der Waals surface area contributed by atoms with Gasteiger partial charge < -0.3 is 5.73 Å². The molecule has 0 aliphatic carbocycles. The number of nitrogen functional groups attached to an aromatic ring is 1. The minimum absolute atomic E-state index is 0.147. The van der Waals surface area contributed by atoms with E-state index in [1.165, 1.54) is 5.56 Å². The summed E-state index contributed by atoms with van der Waals surface area (Å²) in [6.45, 7) is 2.00. The summed E-state index contributed by atoms with van der Waals surface area (Å²) in [4.78, 5) is 8.49. The van der Waals surface area contributed by atoms with Crippen molar-refractivity contribution in [1.82, 2.24) is 14.8 Å². The maximum atomic E-state index is 5.63. The molecular weight excluding hydrogens is 214 g/mol. The third kappa shape index (κ3) is 1.69. The van der Waals surface area contributed by atoms with Crippen molar-refractivity contribution in [1.29, 1.82) is 0 Å². The molecule has 86 valence electrons. The van der Waals surface area contributed by atoms with Gasteiger partial charge in [0, 0.05) is 12.1 Å². The summed E-state index contributed by atoms with van der Waals surface area (Å²) >= 11 is 0. The molecule has 0 fully saturated rings. The van der Waals surface area contributed by atoms with Crippen molar-refractivity contribution in [2.45, 2.75) is 19.4 Å². The van der Waals surface area contributed by atoms with Crippen LogP contribution in [0, 0.1) is 0 Å². The Labute approximate surface area is 99.0 Å². The Morgan fingerprint density at radius 1 is 1.29 bits per heavy atom. The number of hydrogen-bond donors (Lipinski definition) is 1. The molecule has 5 heteroatoms. The van der Waals surface area contributed by atoms with Gasteiger partial charge in [0.15, 0.2) is 0 Å². The van der Waals surface area contributed by atoms with E-state index in [2.05, 4.69) is 27.2 Å². The first kappa shape index (κ1) is 10.0. The summed E-state index contributed by atoms with van der Waals surface area (Å²) in [5.74, 6) is 0.875. The average molecular weight is 227 g/mol. The molecule has 2 aromatic rings. The SMILES string of the molecule is CC1=Nc2nc(N)nn2C(c2ccccc2)C1. The molecule has 1 unspecified atom stereocenters. The molecule has 2 N–H and O–H groups in total. The molecule has 0 bridgehead atoms. The van der Waals surface area contributed by atoms with E-state index in [1.54, 1.807) is 4.68 Å². The number of nitrogens with two attached hydrogens (primary N) is 1. The van der Waals surface area contributed by atoms with Crippen LogP contribution in [0.25, 0.3) is 0 Å². The van der Waals surface area contributed by atoms with E-state index in [-0.39, 0.29) is 12.0 Å². The smallest absolute Gasteiger partial charge is 0.250 e. The highest BCUT2D eigenvalue weighted by atomic mass is 15.4. The third-order valence-electron chi connectivity index (χ3n) is 2.89.